The summed E-state index contributed by atoms with van der Waals surface area (Å²) in [5.74, 6) is 0. The maximum Gasteiger partial charge on any atom is 0.279 e. The van der Waals surface area contributed by atoms with Gasteiger partial charge in [-0.15, -0.1) is 0 Å². The number of hydrogen-bond donors (Lipinski definition) is 2. The van der Waals surface area contributed by atoms with Crippen LogP contribution < -0.4 is 4.72 Å². The molecule has 0 aliphatic rings. The molecule has 0 aromatic heterocycles. The third-order valence-electron chi connectivity index (χ3n) is 2.61. The van der Waals surface area contributed by atoms with E-state index in [2.05, 4.69) is 4.72 Å². The van der Waals surface area contributed by atoms with E-state index in [1.165, 1.54) is 16.1 Å². The van der Waals surface area contributed by atoms with Gasteiger partial charge in [-0.1, -0.05) is 13.3 Å². The second-order valence-corrected chi connectivity index (χ2v) is 6.93. The summed E-state index contributed by atoms with van der Waals surface area (Å²) in [6.07, 6.45) is 3.66. The lowest BCUT2D eigenvalue weighted by Gasteiger charge is -2.24. The lowest BCUT2D eigenvalue weighted by Crippen LogP contribution is -2.47. The molecule has 0 saturated heterocycles. The van der Waals surface area contributed by atoms with Crippen molar-refractivity contribution in [1.29, 1.82) is 0 Å². The molecule has 0 fully saturated rings. The first-order chi connectivity index (χ1) is 7.88. The second kappa shape index (κ2) is 8.31. The van der Waals surface area contributed by atoms with Gasteiger partial charge in [0.2, 0.25) is 0 Å². The number of nitrogens with one attached hydrogen (secondary N) is 1. The molecule has 2 N–H and O–H groups in total. The average Bonchev–Trinajstić information content (AvgIpc) is 2.26. The topological polar surface area (TPSA) is 69.6 Å². The molecule has 5 nitrogen and oxygen atoms in total. The molecule has 104 valence electrons. The highest BCUT2D eigenvalue weighted by Gasteiger charge is 2.24. The summed E-state index contributed by atoms with van der Waals surface area (Å²) in [6, 6.07) is -0.288. The van der Waals surface area contributed by atoms with Gasteiger partial charge in [0.25, 0.3) is 10.2 Å². The van der Waals surface area contributed by atoms with E-state index in [4.69, 9.17) is 5.11 Å². The largest absolute Gasteiger partial charge is 0.395 e. The molecule has 17 heavy (non-hydrogen) atoms. The zero-order valence-electron chi connectivity index (χ0n) is 11.0. The zero-order valence-corrected chi connectivity index (χ0v) is 12.6. The van der Waals surface area contributed by atoms with Gasteiger partial charge in [0.1, 0.15) is 0 Å². The van der Waals surface area contributed by atoms with E-state index >= 15 is 0 Å². The molecule has 0 aliphatic heterocycles. The maximum absolute atomic E-state index is 11.9. The van der Waals surface area contributed by atoms with Crippen LogP contribution in [0.15, 0.2) is 0 Å². The van der Waals surface area contributed by atoms with Crippen molar-refractivity contribution in [1.82, 2.24) is 9.03 Å². The van der Waals surface area contributed by atoms with E-state index in [1.54, 1.807) is 14.0 Å². The van der Waals surface area contributed by atoms with Gasteiger partial charge < -0.3 is 5.11 Å². The van der Waals surface area contributed by atoms with E-state index in [-0.39, 0.29) is 17.9 Å². The zero-order chi connectivity index (χ0) is 13.5. The molecule has 0 aliphatic carbocycles. The molecule has 0 heterocycles. The van der Waals surface area contributed by atoms with Crippen LogP contribution in [0.3, 0.4) is 0 Å². The van der Waals surface area contributed by atoms with Gasteiger partial charge in [-0.25, -0.2) is 0 Å². The second-order valence-electron chi connectivity index (χ2n) is 4.04. The minimum Gasteiger partial charge on any atom is -0.395 e. The summed E-state index contributed by atoms with van der Waals surface area (Å²) >= 11 is 1.45. The van der Waals surface area contributed by atoms with Crippen molar-refractivity contribution in [3.05, 3.63) is 0 Å². The molecule has 2 atom stereocenters. The molecule has 0 spiro atoms. The first kappa shape index (κ1) is 17.2. The molecule has 7 heteroatoms. The van der Waals surface area contributed by atoms with Crippen LogP contribution in [0.1, 0.15) is 26.7 Å². The predicted molar refractivity (Wildman–Crippen MR) is 73.4 cm³/mol. The minimum absolute atomic E-state index is 0.0382. The number of aliphatic hydroxyl groups excluding tert-OH is 1. The number of unbranched alkanes of at least 4 members (excludes halogenated alkanes) is 1. The van der Waals surface area contributed by atoms with Crippen LogP contribution in [-0.2, 0) is 10.2 Å². The van der Waals surface area contributed by atoms with Crippen molar-refractivity contribution >= 4 is 22.0 Å². The highest BCUT2D eigenvalue weighted by atomic mass is 32.2. The van der Waals surface area contributed by atoms with Gasteiger partial charge in [-0.2, -0.15) is 29.2 Å². The van der Waals surface area contributed by atoms with Crippen LogP contribution >= 0.6 is 11.8 Å². The molecule has 0 aromatic rings. The number of hydrogen-bond acceptors (Lipinski definition) is 4. The standard InChI is InChI=1S/C10H24N2O3S2/c1-5-6-7-12(3)17(14,15)11-9(2)10(8-13)16-4/h9-11,13H,5-8H2,1-4H3. The molecule has 0 radical (unpaired) electrons. The molecule has 0 bridgehead atoms. The maximum atomic E-state index is 11.9. The average molecular weight is 284 g/mol. The van der Waals surface area contributed by atoms with Crippen molar-refractivity contribution in [3.63, 3.8) is 0 Å². The highest BCUT2D eigenvalue weighted by molar-refractivity contribution is 7.99. The van der Waals surface area contributed by atoms with Crippen molar-refractivity contribution in [2.24, 2.45) is 0 Å². The first-order valence-corrected chi connectivity index (χ1v) is 8.49. The summed E-state index contributed by atoms with van der Waals surface area (Å²) < 4.78 is 27.7. The molecule has 0 saturated carbocycles. The monoisotopic (exact) mass is 284 g/mol. The van der Waals surface area contributed by atoms with Gasteiger partial charge in [0, 0.05) is 24.9 Å². The SMILES string of the molecule is CCCCN(C)S(=O)(=O)NC(C)C(CO)SC. The summed E-state index contributed by atoms with van der Waals surface area (Å²) in [7, 11) is -1.87. The number of rotatable bonds is 9. The van der Waals surface area contributed by atoms with Crippen LogP contribution in [-0.4, -0.2) is 55.6 Å². The molecule has 0 amide bonds. The third kappa shape index (κ3) is 6.05. The molecular weight excluding hydrogens is 260 g/mol. The summed E-state index contributed by atoms with van der Waals surface area (Å²) in [5, 5.41) is 8.98. The fraction of sp³-hybridized carbons (Fsp3) is 1.00. The Bertz CT molecular complexity index is 292. The number of nitrogens with zero attached hydrogens (tertiary/aromatic N) is 1. The Labute approximate surface area is 109 Å². The van der Waals surface area contributed by atoms with E-state index in [9.17, 15) is 8.42 Å². The summed E-state index contributed by atoms with van der Waals surface area (Å²) in [4.78, 5) is 0. The Hall–Kier alpha value is 0.180. The van der Waals surface area contributed by atoms with Gasteiger partial charge in [-0.05, 0) is 19.6 Å². The Kier molecular flexibility index (Phi) is 8.40. The minimum atomic E-state index is -3.44. The molecular formula is C10H24N2O3S2. The Morgan fingerprint density at radius 2 is 2.06 bits per heavy atom. The number of thioether (sulfide) groups is 1. The van der Waals surface area contributed by atoms with Crippen LogP contribution in [0.4, 0.5) is 0 Å². The van der Waals surface area contributed by atoms with Crippen molar-refractivity contribution in [3.8, 4) is 0 Å². The summed E-state index contributed by atoms with van der Waals surface area (Å²) in [5.41, 5.74) is 0. The van der Waals surface area contributed by atoms with Gasteiger partial charge >= 0.3 is 0 Å². The highest BCUT2D eigenvalue weighted by Crippen LogP contribution is 2.12. The third-order valence-corrected chi connectivity index (χ3v) is 5.45. The fourth-order valence-electron chi connectivity index (χ4n) is 1.34. The molecule has 0 aromatic carbocycles. The molecule has 2 unspecified atom stereocenters. The van der Waals surface area contributed by atoms with Crippen molar-refractivity contribution in [2.45, 2.75) is 38.0 Å². The van der Waals surface area contributed by atoms with Crippen LogP contribution in [0.25, 0.3) is 0 Å². The summed E-state index contributed by atoms with van der Waals surface area (Å²) in [6.45, 7) is 4.26. The quantitative estimate of drug-likeness (QED) is 0.653. The smallest absolute Gasteiger partial charge is 0.279 e. The normalized spacial score (nSPS) is 16.1. The van der Waals surface area contributed by atoms with Crippen LogP contribution in [0.5, 0.6) is 0 Å². The van der Waals surface area contributed by atoms with Gasteiger partial charge in [-0.3, -0.25) is 0 Å². The van der Waals surface area contributed by atoms with E-state index in [1.807, 2.05) is 13.2 Å². The van der Waals surface area contributed by atoms with Crippen molar-refractivity contribution in [2.75, 3.05) is 26.5 Å². The lowest BCUT2D eigenvalue weighted by atomic mass is 10.3. The van der Waals surface area contributed by atoms with E-state index < -0.39 is 10.2 Å². The van der Waals surface area contributed by atoms with Crippen LogP contribution in [0, 0.1) is 0 Å². The Morgan fingerprint density at radius 1 is 1.47 bits per heavy atom. The number of aliphatic hydroxyl groups is 1. The lowest BCUT2D eigenvalue weighted by molar-refractivity contribution is 0.281. The first-order valence-electron chi connectivity index (χ1n) is 5.76. The van der Waals surface area contributed by atoms with Gasteiger partial charge in [0.05, 0.1) is 6.61 Å². The van der Waals surface area contributed by atoms with E-state index in [0.29, 0.717) is 6.54 Å². The predicted octanol–water partition coefficient (Wildman–Crippen LogP) is 0.665. The molecule has 0 rings (SSSR count). The van der Waals surface area contributed by atoms with E-state index in [0.717, 1.165) is 12.8 Å². The Balaban J connectivity index is 4.42. The fourth-order valence-corrected chi connectivity index (χ4v) is 3.23. The van der Waals surface area contributed by atoms with Gasteiger partial charge in [0.15, 0.2) is 0 Å². The Morgan fingerprint density at radius 3 is 2.47 bits per heavy atom. The van der Waals surface area contributed by atoms with Crippen LogP contribution in [0.2, 0.25) is 0 Å². The van der Waals surface area contributed by atoms with Crippen molar-refractivity contribution < 1.29 is 13.5 Å².